The van der Waals surface area contributed by atoms with Crippen molar-refractivity contribution >= 4 is 10.2 Å². The van der Waals surface area contributed by atoms with E-state index in [1.807, 2.05) is 0 Å². The van der Waals surface area contributed by atoms with Crippen molar-refractivity contribution in [3.8, 4) is 0 Å². The molecule has 6 heteroatoms. The van der Waals surface area contributed by atoms with Gasteiger partial charge < -0.3 is 5.32 Å². The minimum absolute atomic E-state index is 0.606. The van der Waals surface area contributed by atoms with Gasteiger partial charge in [-0.1, -0.05) is 6.92 Å². The predicted octanol–water partition coefficient (Wildman–Crippen LogP) is 0.649. The van der Waals surface area contributed by atoms with Crippen LogP contribution in [0, 0.1) is 5.92 Å². The molecule has 0 aromatic carbocycles. The monoisotopic (exact) mass is 275 g/mol. The van der Waals surface area contributed by atoms with Gasteiger partial charge in [0.1, 0.15) is 0 Å². The Balaban J connectivity index is 2.04. The topological polar surface area (TPSA) is 52.7 Å². The summed E-state index contributed by atoms with van der Waals surface area (Å²) in [6, 6.07) is 0. The highest BCUT2D eigenvalue weighted by Crippen LogP contribution is 2.20. The highest BCUT2D eigenvalue weighted by molar-refractivity contribution is 7.86. The Hall–Kier alpha value is -0.170. The highest BCUT2D eigenvalue weighted by atomic mass is 32.2. The maximum atomic E-state index is 12.6. The molecule has 0 aromatic rings. The van der Waals surface area contributed by atoms with Crippen LogP contribution in [-0.4, -0.2) is 56.3 Å². The molecule has 1 atom stereocenters. The zero-order chi connectivity index (χ0) is 13.0. The second-order valence-corrected chi connectivity index (χ2v) is 7.37. The number of nitrogens with zero attached hydrogens (tertiary/aromatic N) is 2. The van der Waals surface area contributed by atoms with E-state index in [0.717, 1.165) is 38.8 Å². The lowest BCUT2D eigenvalue weighted by Crippen LogP contribution is -2.45. The van der Waals surface area contributed by atoms with Crippen molar-refractivity contribution in [2.24, 2.45) is 5.92 Å². The van der Waals surface area contributed by atoms with Crippen LogP contribution in [0.2, 0.25) is 0 Å². The lowest BCUT2D eigenvalue weighted by atomic mass is 10.0. The van der Waals surface area contributed by atoms with E-state index >= 15 is 0 Å². The lowest BCUT2D eigenvalue weighted by molar-refractivity contribution is 0.346. The van der Waals surface area contributed by atoms with Gasteiger partial charge in [-0.2, -0.15) is 17.0 Å². The summed E-state index contributed by atoms with van der Waals surface area (Å²) >= 11 is 0. The van der Waals surface area contributed by atoms with Crippen LogP contribution in [0.5, 0.6) is 0 Å². The van der Waals surface area contributed by atoms with Gasteiger partial charge in [-0.05, 0) is 38.1 Å². The molecule has 2 heterocycles. The van der Waals surface area contributed by atoms with Gasteiger partial charge in [0, 0.05) is 32.7 Å². The SMILES string of the molecule is CC1CCCN(S(=O)(=O)N2CCCNCC2)CC1. The molecule has 5 nitrogen and oxygen atoms in total. The van der Waals surface area contributed by atoms with Gasteiger partial charge in [-0.15, -0.1) is 0 Å². The molecule has 0 saturated carbocycles. The summed E-state index contributed by atoms with van der Waals surface area (Å²) in [5.74, 6) is 0.649. The normalized spacial score (nSPS) is 29.7. The third kappa shape index (κ3) is 3.44. The number of hydrogen-bond donors (Lipinski definition) is 1. The van der Waals surface area contributed by atoms with Crippen LogP contribution in [0.4, 0.5) is 0 Å². The van der Waals surface area contributed by atoms with Crippen molar-refractivity contribution in [1.82, 2.24) is 13.9 Å². The first-order valence-electron chi connectivity index (χ1n) is 7.06. The minimum Gasteiger partial charge on any atom is -0.315 e. The minimum atomic E-state index is -3.23. The maximum Gasteiger partial charge on any atom is 0.282 e. The standard InChI is InChI=1S/C12H25N3O2S/c1-12-4-2-8-14(10-5-12)18(16,17)15-9-3-6-13-7-11-15/h12-13H,2-11H2,1H3. The zero-order valence-corrected chi connectivity index (χ0v) is 12.1. The first-order chi connectivity index (χ1) is 8.60. The van der Waals surface area contributed by atoms with Crippen molar-refractivity contribution in [2.45, 2.75) is 32.6 Å². The molecule has 2 aliphatic heterocycles. The van der Waals surface area contributed by atoms with Crippen LogP contribution >= 0.6 is 0 Å². The van der Waals surface area contributed by atoms with Crippen molar-refractivity contribution in [2.75, 3.05) is 39.3 Å². The van der Waals surface area contributed by atoms with Crippen LogP contribution in [-0.2, 0) is 10.2 Å². The molecule has 1 unspecified atom stereocenters. The fourth-order valence-electron chi connectivity index (χ4n) is 2.68. The van der Waals surface area contributed by atoms with Crippen molar-refractivity contribution in [3.63, 3.8) is 0 Å². The summed E-state index contributed by atoms with van der Waals surface area (Å²) in [6.07, 6.45) is 4.04. The molecule has 0 radical (unpaired) electrons. The van der Waals surface area contributed by atoms with Gasteiger partial charge in [0.2, 0.25) is 0 Å². The largest absolute Gasteiger partial charge is 0.315 e. The van der Waals surface area contributed by atoms with E-state index in [4.69, 9.17) is 0 Å². The molecule has 2 fully saturated rings. The summed E-state index contributed by atoms with van der Waals surface area (Å²) in [7, 11) is -3.23. The molecule has 0 bridgehead atoms. The molecule has 2 saturated heterocycles. The summed E-state index contributed by atoms with van der Waals surface area (Å²) in [6.45, 7) is 6.54. The van der Waals surface area contributed by atoms with Crippen LogP contribution in [0.3, 0.4) is 0 Å². The van der Waals surface area contributed by atoms with E-state index in [9.17, 15) is 8.42 Å². The molecule has 0 spiro atoms. The molecule has 0 amide bonds. The summed E-state index contributed by atoms with van der Waals surface area (Å²) in [4.78, 5) is 0. The number of rotatable bonds is 2. The van der Waals surface area contributed by atoms with Crippen LogP contribution in [0.25, 0.3) is 0 Å². The average Bonchev–Trinajstić information content (AvgIpc) is 2.71. The van der Waals surface area contributed by atoms with Gasteiger partial charge in [0.05, 0.1) is 0 Å². The highest BCUT2D eigenvalue weighted by Gasteiger charge is 2.30. The Labute approximate surface area is 111 Å². The van der Waals surface area contributed by atoms with E-state index in [-0.39, 0.29) is 0 Å². The molecule has 1 N–H and O–H groups in total. The van der Waals surface area contributed by atoms with E-state index < -0.39 is 10.2 Å². The second kappa shape index (κ2) is 6.32. The summed E-state index contributed by atoms with van der Waals surface area (Å²) < 4.78 is 28.5. The van der Waals surface area contributed by atoms with E-state index in [1.165, 1.54) is 0 Å². The molecule has 0 aliphatic carbocycles. The molecule has 0 aromatic heterocycles. The molecule has 2 rings (SSSR count). The first kappa shape index (κ1) is 14.2. The Kier molecular flexibility index (Phi) is 5.00. The van der Waals surface area contributed by atoms with Crippen LogP contribution in [0.15, 0.2) is 0 Å². The Morgan fingerprint density at radius 1 is 0.944 bits per heavy atom. The maximum absolute atomic E-state index is 12.6. The van der Waals surface area contributed by atoms with Crippen molar-refractivity contribution in [3.05, 3.63) is 0 Å². The van der Waals surface area contributed by atoms with Gasteiger partial charge in [-0.25, -0.2) is 0 Å². The lowest BCUT2D eigenvalue weighted by Gasteiger charge is -2.28. The molecule has 106 valence electrons. The van der Waals surface area contributed by atoms with E-state index in [0.29, 0.717) is 32.1 Å². The Morgan fingerprint density at radius 3 is 2.50 bits per heavy atom. The van der Waals surface area contributed by atoms with Gasteiger partial charge in [0.25, 0.3) is 10.2 Å². The van der Waals surface area contributed by atoms with Crippen molar-refractivity contribution in [1.29, 1.82) is 0 Å². The fraction of sp³-hybridized carbons (Fsp3) is 1.00. The molecule has 2 aliphatic rings. The molecular weight excluding hydrogens is 250 g/mol. The van der Waals surface area contributed by atoms with Gasteiger partial charge in [-0.3, -0.25) is 0 Å². The Bertz CT molecular complexity index is 350. The first-order valence-corrected chi connectivity index (χ1v) is 8.46. The second-order valence-electron chi connectivity index (χ2n) is 5.45. The molecular formula is C12H25N3O2S. The van der Waals surface area contributed by atoms with Crippen LogP contribution in [0.1, 0.15) is 32.6 Å². The third-order valence-corrected chi connectivity index (χ3v) is 5.96. The van der Waals surface area contributed by atoms with E-state index in [1.54, 1.807) is 8.61 Å². The number of nitrogens with one attached hydrogen (secondary N) is 1. The van der Waals surface area contributed by atoms with Gasteiger partial charge in [0.15, 0.2) is 0 Å². The Morgan fingerprint density at radius 2 is 1.67 bits per heavy atom. The van der Waals surface area contributed by atoms with Crippen LogP contribution < -0.4 is 5.32 Å². The predicted molar refractivity (Wildman–Crippen MR) is 72.6 cm³/mol. The zero-order valence-electron chi connectivity index (χ0n) is 11.3. The smallest absolute Gasteiger partial charge is 0.282 e. The summed E-state index contributed by atoms with van der Waals surface area (Å²) in [5.41, 5.74) is 0. The average molecular weight is 275 g/mol. The number of hydrogen-bond acceptors (Lipinski definition) is 3. The fourth-order valence-corrected chi connectivity index (χ4v) is 4.39. The molecule has 18 heavy (non-hydrogen) atoms. The summed E-state index contributed by atoms with van der Waals surface area (Å²) in [5, 5.41) is 3.25. The van der Waals surface area contributed by atoms with Crippen molar-refractivity contribution < 1.29 is 8.42 Å². The third-order valence-electron chi connectivity index (χ3n) is 3.93. The van der Waals surface area contributed by atoms with Gasteiger partial charge >= 0.3 is 0 Å². The quantitative estimate of drug-likeness (QED) is 0.805. The van der Waals surface area contributed by atoms with E-state index in [2.05, 4.69) is 12.2 Å².